The molecule has 1 aromatic carbocycles. The Morgan fingerprint density at radius 1 is 1.18 bits per heavy atom. The van der Waals surface area contributed by atoms with Crippen LogP contribution in [0.4, 0.5) is 4.79 Å². The lowest BCUT2D eigenvalue weighted by Crippen LogP contribution is -2.32. The van der Waals surface area contributed by atoms with Crippen molar-refractivity contribution < 1.29 is 14.3 Å². The van der Waals surface area contributed by atoms with Gasteiger partial charge in [0.15, 0.2) is 0 Å². The van der Waals surface area contributed by atoms with Gasteiger partial charge in [-0.3, -0.25) is 0 Å². The fourth-order valence-electron chi connectivity index (χ4n) is 2.87. The van der Waals surface area contributed by atoms with Crippen molar-refractivity contribution in [1.82, 2.24) is 0 Å². The zero-order valence-corrected chi connectivity index (χ0v) is 15.2. The average molecular weight is 369 g/mol. The van der Waals surface area contributed by atoms with E-state index < -0.39 is 11.8 Å². The molecule has 1 aromatic rings. The van der Waals surface area contributed by atoms with Crippen LogP contribution in [0, 0.1) is 0 Å². The van der Waals surface area contributed by atoms with Gasteiger partial charge in [-0.1, -0.05) is 46.6 Å². The van der Waals surface area contributed by atoms with Crippen LogP contribution in [0.15, 0.2) is 24.3 Å². The molecule has 0 bridgehead atoms. The van der Waals surface area contributed by atoms with Gasteiger partial charge in [0, 0.05) is 11.2 Å². The first-order valence-electron chi connectivity index (χ1n) is 7.93. The van der Waals surface area contributed by atoms with E-state index >= 15 is 0 Å². The number of ether oxygens (including phenoxy) is 2. The lowest BCUT2D eigenvalue weighted by molar-refractivity contribution is -0.0387. The largest absolute Gasteiger partial charge is 0.509 e. The first kappa shape index (κ1) is 17.3. The van der Waals surface area contributed by atoms with E-state index in [2.05, 4.69) is 40.2 Å². The molecule has 1 aliphatic carbocycles. The van der Waals surface area contributed by atoms with Crippen LogP contribution in [0.5, 0.6) is 0 Å². The van der Waals surface area contributed by atoms with Crippen LogP contribution in [0.3, 0.4) is 0 Å². The lowest BCUT2D eigenvalue weighted by Gasteiger charge is -2.32. The summed E-state index contributed by atoms with van der Waals surface area (Å²) in [5.74, 6) is 0.269. The fourth-order valence-corrected chi connectivity index (χ4v) is 3.24. The highest BCUT2D eigenvalue weighted by molar-refractivity contribution is 9.08. The highest BCUT2D eigenvalue weighted by Gasteiger charge is 2.31. The molecule has 0 heterocycles. The Labute approximate surface area is 141 Å². The molecule has 0 amide bonds. The van der Waals surface area contributed by atoms with E-state index in [4.69, 9.17) is 9.47 Å². The maximum absolute atomic E-state index is 12.0. The third kappa shape index (κ3) is 5.01. The van der Waals surface area contributed by atoms with Crippen LogP contribution in [0.1, 0.15) is 63.5 Å². The second-order valence-corrected chi connectivity index (χ2v) is 7.45. The predicted octanol–water partition coefficient (Wildman–Crippen LogP) is 5.56. The van der Waals surface area contributed by atoms with Crippen molar-refractivity contribution in [2.24, 2.45) is 0 Å². The maximum Gasteiger partial charge on any atom is 0.509 e. The molecule has 0 saturated heterocycles. The van der Waals surface area contributed by atoms with Gasteiger partial charge in [-0.15, -0.1) is 0 Å². The number of benzene rings is 1. The van der Waals surface area contributed by atoms with Gasteiger partial charge in [0.1, 0.15) is 11.7 Å². The van der Waals surface area contributed by atoms with E-state index in [0.29, 0.717) is 0 Å². The Kier molecular flexibility index (Phi) is 5.90. The molecular weight excluding hydrogens is 344 g/mol. The molecule has 1 fully saturated rings. The molecule has 122 valence electrons. The third-order valence-corrected chi connectivity index (χ3v) is 4.55. The molecule has 1 aliphatic rings. The van der Waals surface area contributed by atoms with Crippen LogP contribution in [0.25, 0.3) is 0 Å². The van der Waals surface area contributed by atoms with E-state index in [-0.39, 0.29) is 12.0 Å². The summed E-state index contributed by atoms with van der Waals surface area (Å²) in [6.45, 7) is 5.56. The molecule has 3 nitrogen and oxygen atoms in total. The number of alkyl halides is 1. The molecule has 0 aliphatic heterocycles. The second-order valence-electron chi connectivity index (χ2n) is 6.89. The van der Waals surface area contributed by atoms with Crippen molar-refractivity contribution in [2.75, 3.05) is 0 Å². The van der Waals surface area contributed by atoms with E-state index in [0.717, 1.165) is 24.6 Å². The van der Waals surface area contributed by atoms with Crippen molar-refractivity contribution in [2.45, 2.75) is 69.4 Å². The minimum Gasteiger partial charge on any atom is -0.430 e. The van der Waals surface area contributed by atoms with Gasteiger partial charge in [0.25, 0.3) is 0 Å². The second kappa shape index (κ2) is 7.49. The molecular formula is C18H25BrO3. The number of hydrogen-bond acceptors (Lipinski definition) is 3. The number of rotatable bonds is 3. The number of carbonyl (C=O) groups excluding carboxylic acids is 1. The summed E-state index contributed by atoms with van der Waals surface area (Å²) in [7, 11) is 0. The maximum atomic E-state index is 12.0. The molecule has 0 N–H and O–H groups in total. The summed E-state index contributed by atoms with van der Waals surface area (Å²) in [4.78, 5) is 12.0. The van der Waals surface area contributed by atoms with E-state index in [1.165, 1.54) is 17.5 Å². The van der Waals surface area contributed by atoms with Gasteiger partial charge in [-0.25, -0.2) is 4.79 Å². The molecule has 0 aromatic heterocycles. The lowest BCUT2D eigenvalue weighted by atomic mass is 9.81. The van der Waals surface area contributed by atoms with Gasteiger partial charge in [0.05, 0.1) is 0 Å². The van der Waals surface area contributed by atoms with E-state index in [1.807, 2.05) is 20.8 Å². The summed E-state index contributed by atoms with van der Waals surface area (Å²) in [5.41, 5.74) is 1.99. The average Bonchev–Trinajstić information content (AvgIpc) is 2.46. The van der Waals surface area contributed by atoms with Crippen LogP contribution >= 0.6 is 15.9 Å². The summed E-state index contributed by atoms with van der Waals surface area (Å²) in [5, 5.41) is 0.857. The van der Waals surface area contributed by atoms with Crippen LogP contribution in [-0.2, 0) is 14.8 Å². The Morgan fingerprint density at radius 2 is 1.82 bits per heavy atom. The normalized spacial score (nSPS) is 22.2. The zero-order valence-electron chi connectivity index (χ0n) is 13.6. The van der Waals surface area contributed by atoms with Crippen molar-refractivity contribution in [3.05, 3.63) is 35.4 Å². The summed E-state index contributed by atoms with van der Waals surface area (Å²) in [6.07, 6.45) is 3.60. The monoisotopic (exact) mass is 368 g/mol. The molecule has 22 heavy (non-hydrogen) atoms. The highest BCUT2D eigenvalue weighted by Crippen LogP contribution is 2.35. The first-order valence-corrected chi connectivity index (χ1v) is 9.05. The predicted molar refractivity (Wildman–Crippen MR) is 91.4 cm³/mol. The Balaban J connectivity index is 2.05. The van der Waals surface area contributed by atoms with Crippen molar-refractivity contribution in [3.63, 3.8) is 0 Å². The molecule has 1 saturated carbocycles. The van der Waals surface area contributed by atoms with Gasteiger partial charge < -0.3 is 9.47 Å². The van der Waals surface area contributed by atoms with Crippen LogP contribution in [0.2, 0.25) is 0 Å². The first-order chi connectivity index (χ1) is 10.4. The Morgan fingerprint density at radius 3 is 2.41 bits per heavy atom. The van der Waals surface area contributed by atoms with Crippen LogP contribution in [-0.4, -0.2) is 17.9 Å². The van der Waals surface area contributed by atoms with E-state index in [1.54, 1.807) is 0 Å². The molecule has 0 unspecified atom stereocenters. The number of carbonyl (C=O) groups is 1. The molecule has 0 spiro atoms. The van der Waals surface area contributed by atoms with Gasteiger partial charge in [-0.2, -0.15) is 0 Å². The molecule has 0 radical (unpaired) electrons. The van der Waals surface area contributed by atoms with Gasteiger partial charge >= 0.3 is 6.16 Å². The molecule has 4 heteroatoms. The van der Waals surface area contributed by atoms with Crippen molar-refractivity contribution in [1.29, 1.82) is 0 Å². The third-order valence-electron chi connectivity index (χ3n) is 3.90. The quantitative estimate of drug-likeness (QED) is 0.517. The van der Waals surface area contributed by atoms with Gasteiger partial charge in [-0.05, 0) is 51.2 Å². The summed E-state index contributed by atoms with van der Waals surface area (Å²) < 4.78 is 10.9. The minimum absolute atomic E-state index is 0.0848. The topological polar surface area (TPSA) is 35.5 Å². The number of halogens is 1. The Hall–Kier alpha value is -1.03. The summed E-state index contributed by atoms with van der Waals surface area (Å²) in [6, 6.07) is 8.56. The number of hydrogen-bond donors (Lipinski definition) is 0. The van der Waals surface area contributed by atoms with E-state index in [9.17, 15) is 4.79 Å². The van der Waals surface area contributed by atoms with Crippen molar-refractivity contribution >= 4 is 22.1 Å². The Bertz CT molecular complexity index is 490. The standard InChI is InChI=1S/C18H25BrO3/c1-18(2,3)22-17(20)21-16-7-5-4-6-15(16)14-10-8-13(12-19)9-11-14/h8-11,15-16H,4-7,12H2,1-3H3/t15-,16-/m1/s1. The fraction of sp³-hybridized carbons (Fsp3) is 0.611. The van der Waals surface area contributed by atoms with Gasteiger partial charge in [0.2, 0.25) is 0 Å². The van der Waals surface area contributed by atoms with Crippen LogP contribution < -0.4 is 0 Å². The zero-order chi connectivity index (χ0) is 16.2. The minimum atomic E-state index is -0.554. The summed E-state index contributed by atoms with van der Waals surface area (Å²) >= 11 is 3.46. The SMILES string of the molecule is CC(C)(C)OC(=O)O[C@@H]1CCCC[C@@H]1c1ccc(CBr)cc1. The molecule has 2 rings (SSSR count). The highest BCUT2D eigenvalue weighted by atomic mass is 79.9. The smallest absolute Gasteiger partial charge is 0.430 e. The molecule has 2 atom stereocenters. The van der Waals surface area contributed by atoms with Crippen molar-refractivity contribution in [3.8, 4) is 0 Å².